The first-order chi connectivity index (χ1) is 20.2. The monoisotopic (exact) mass is 579 g/mol. The molecule has 42 heavy (non-hydrogen) atoms. The summed E-state index contributed by atoms with van der Waals surface area (Å²) in [5.41, 5.74) is -0.610. The second-order valence-corrected chi connectivity index (χ2v) is 12.1. The topological polar surface area (TPSA) is 99.6 Å². The molecule has 4 aliphatic heterocycles. The molecule has 2 unspecified atom stereocenters. The van der Waals surface area contributed by atoms with Crippen LogP contribution in [0.1, 0.15) is 53.9 Å². The lowest BCUT2D eigenvalue weighted by Crippen LogP contribution is -2.60. The lowest BCUT2D eigenvalue weighted by atomic mass is 9.77. The van der Waals surface area contributed by atoms with Crippen LogP contribution >= 0.6 is 0 Å². The summed E-state index contributed by atoms with van der Waals surface area (Å²) in [5.74, 6) is -1.75. The molecule has 0 bridgehead atoms. The van der Waals surface area contributed by atoms with Crippen LogP contribution in [0.5, 0.6) is 5.75 Å². The Kier molecular flexibility index (Phi) is 8.81. The molecule has 228 valence electrons. The number of benzene rings is 1. The van der Waals surface area contributed by atoms with Crippen molar-refractivity contribution in [2.45, 2.75) is 83.7 Å². The van der Waals surface area contributed by atoms with Gasteiger partial charge in [0.2, 0.25) is 17.7 Å². The molecule has 0 aliphatic carbocycles. The molecule has 0 aromatic heterocycles. The minimum atomic E-state index is -1.31. The molecular formula is C33H45N3O6. The van der Waals surface area contributed by atoms with E-state index in [2.05, 4.69) is 6.92 Å². The molecule has 8 atom stereocenters. The number of anilines is 1. The van der Waals surface area contributed by atoms with Gasteiger partial charge in [-0.15, -0.1) is 0 Å². The zero-order valence-corrected chi connectivity index (χ0v) is 25.4. The van der Waals surface area contributed by atoms with Gasteiger partial charge in [0, 0.05) is 24.8 Å². The first-order valence-corrected chi connectivity index (χ1v) is 15.5. The smallest absolute Gasteiger partial charge is 0.249 e. The summed E-state index contributed by atoms with van der Waals surface area (Å²) in [6, 6.07) is 5.79. The molecular weight excluding hydrogens is 534 g/mol. The summed E-state index contributed by atoms with van der Waals surface area (Å²) in [7, 11) is 0. The molecule has 0 saturated carbocycles. The van der Waals surface area contributed by atoms with Crippen molar-refractivity contribution in [1.82, 2.24) is 9.80 Å². The average Bonchev–Trinajstić information content (AvgIpc) is 3.29. The number of hydrogen-bond donors (Lipinski definition) is 1. The third-order valence-electron chi connectivity index (χ3n) is 9.67. The fourth-order valence-corrected chi connectivity index (χ4v) is 7.36. The number of aliphatic hydroxyl groups is 1. The zero-order chi connectivity index (χ0) is 30.2. The molecule has 4 aliphatic rings. The maximum absolute atomic E-state index is 14.6. The Labute approximate surface area is 249 Å². The Morgan fingerprint density at radius 3 is 2.40 bits per heavy atom. The molecule has 1 aromatic carbocycles. The molecule has 1 N–H and O–H groups in total. The van der Waals surface area contributed by atoms with E-state index in [1.165, 1.54) is 0 Å². The quantitative estimate of drug-likeness (QED) is 0.426. The van der Waals surface area contributed by atoms with E-state index in [0.29, 0.717) is 31.1 Å². The highest BCUT2D eigenvalue weighted by molar-refractivity contribution is 6.04. The summed E-state index contributed by atoms with van der Waals surface area (Å²) in [6.45, 7) is 11.0. The number of likely N-dealkylation sites (tertiary alicyclic amines) is 1. The molecule has 3 amide bonds. The normalized spacial score (nSPS) is 30.9. The van der Waals surface area contributed by atoms with Gasteiger partial charge >= 0.3 is 0 Å². The number of fused-ring (bicyclic) bond motifs is 2. The number of rotatable bonds is 10. The van der Waals surface area contributed by atoms with Crippen LogP contribution in [0.25, 0.3) is 0 Å². The minimum Gasteiger partial charge on any atom is -0.494 e. The molecule has 0 radical (unpaired) electrons. The van der Waals surface area contributed by atoms with E-state index in [4.69, 9.17) is 9.47 Å². The SMILES string of the molecule is CCCC(C)N1CC=C[C@]23O[C@@H]4C=CCN(c5ccc(OCC)cc5)C(=O)[C@@H]4[C@H]2C(=O)N([C@@H](CO)[C@@H](C)CC)C3C1=O. The van der Waals surface area contributed by atoms with Crippen molar-refractivity contribution in [3.8, 4) is 5.75 Å². The number of aliphatic hydroxyl groups excluding tert-OH is 1. The van der Waals surface area contributed by atoms with Crippen LogP contribution in [0.4, 0.5) is 5.69 Å². The molecule has 1 aromatic rings. The van der Waals surface area contributed by atoms with Gasteiger partial charge in [-0.05, 0) is 50.5 Å². The Balaban J connectivity index is 1.59. The lowest BCUT2D eigenvalue weighted by Gasteiger charge is -2.41. The van der Waals surface area contributed by atoms with Gasteiger partial charge < -0.3 is 29.3 Å². The van der Waals surface area contributed by atoms with Crippen molar-refractivity contribution in [2.75, 3.05) is 31.2 Å². The van der Waals surface area contributed by atoms with E-state index in [-0.39, 0.29) is 36.3 Å². The second kappa shape index (κ2) is 12.2. The van der Waals surface area contributed by atoms with Crippen LogP contribution in [-0.2, 0) is 19.1 Å². The van der Waals surface area contributed by atoms with Gasteiger partial charge in [0.25, 0.3) is 0 Å². The van der Waals surface area contributed by atoms with Gasteiger partial charge in [0.15, 0.2) is 0 Å². The largest absolute Gasteiger partial charge is 0.494 e. The fourth-order valence-electron chi connectivity index (χ4n) is 7.36. The van der Waals surface area contributed by atoms with E-state index in [1.807, 2.05) is 81.2 Å². The highest BCUT2D eigenvalue weighted by Gasteiger charge is 2.72. The van der Waals surface area contributed by atoms with Crippen LogP contribution in [0.3, 0.4) is 0 Å². The molecule has 9 nitrogen and oxygen atoms in total. The third-order valence-corrected chi connectivity index (χ3v) is 9.67. The number of hydrogen-bond acceptors (Lipinski definition) is 6. The standard InChI is InChI=1S/C33H45N3O6/c1-6-11-22(5)34-19-10-17-33-28(31(39)36(29(33)32(34)40)25(20-37)21(4)7-2)27-26(42-33)12-9-18-35(30(27)38)23-13-15-24(16-14-23)41-8-3/h9-10,12-17,21-22,25-29,37H,6-8,11,18-20H2,1-5H3/t21-,22?,25-,26+,27-,28-,29?,33-/m0/s1. The van der Waals surface area contributed by atoms with Crippen molar-refractivity contribution in [3.63, 3.8) is 0 Å². The van der Waals surface area contributed by atoms with Crippen molar-refractivity contribution < 1.29 is 29.0 Å². The van der Waals surface area contributed by atoms with Gasteiger partial charge in [0.1, 0.15) is 17.4 Å². The van der Waals surface area contributed by atoms with E-state index in [1.54, 1.807) is 9.80 Å². The number of nitrogens with zero attached hydrogens (tertiary/aromatic N) is 3. The minimum absolute atomic E-state index is 0.0296. The number of amides is 3. The van der Waals surface area contributed by atoms with Crippen LogP contribution in [0, 0.1) is 17.8 Å². The maximum Gasteiger partial charge on any atom is 0.249 e. The fraction of sp³-hybridized carbons (Fsp3) is 0.606. The third kappa shape index (κ3) is 4.84. The van der Waals surface area contributed by atoms with Crippen LogP contribution in [0.15, 0.2) is 48.6 Å². The van der Waals surface area contributed by atoms with Crippen molar-refractivity contribution in [3.05, 3.63) is 48.6 Å². The molecule has 2 fully saturated rings. The van der Waals surface area contributed by atoms with Gasteiger partial charge in [-0.1, -0.05) is 57.9 Å². The van der Waals surface area contributed by atoms with Crippen molar-refractivity contribution >= 4 is 23.4 Å². The van der Waals surface area contributed by atoms with Crippen LogP contribution in [-0.4, -0.2) is 88.8 Å². The maximum atomic E-state index is 14.6. The number of ether oxygens (including phenoxy) is 2. The Morgan fingerprint density at radius 1 is 1.02 bits per heavy atom. The number of carbonyl (C=O) groups is 3. The summed E-state index contributed by atoms with van der Waals surface area (Å²) >= 11 is 0. The van der Waals surface area contributed by atoms with Crippen molar-refractivity contribution in [1.29, 1.82) is 0 Å². The molecule has 4 heterocycles. The molecule has 9 heteroatoms. The molecule has 1 spiro atoms. The Hall–Kier alpha value is -3.17. The van der Waals surface area contributed by atoms with Gasteiger partial charge in [-0.2, -0.15) is 0 Å². The first-order valence-electron chi connectivity index (χ1n) is 15.5. The Morgan fingerprint density at radius 2 is 1.76 bits per heavy atom. The summed E-state index contributed by atoms with van der Waals surface area (Å²) in [4.78, 5) is 48.6. The van der Waals surface area contributed by atoms with E-state index < -0.39 is 35.6 Å². The van der Waals surface area contributed by atoms with Gasteiger partial charge in [-0.3, -0.25) is 14.4 Å². The summed E-state index contributed by atoms with van der Waals surface area (Å²) in [6.07, 6.45) is 9.39. The highest BCUT2D eigenvalue weighted by atomic mass is 16.5. The average molecular weight is 580 g/mol. The van der Waals surface area contributed by atoms with Crippen LogP contribution in [0.2, 0.25) is 0 Å². The van der Waals surface area contributed by atoms with Crippen molar-refractivity contribution in [2.24, 2.45) is 17.8 Å². The predicted molar refractivity (Wildman–Crippen MR) is 160 cm³/mol. The molecule has 2 saturated heterocycles. The highest BCUT2D eigenvalue weighted by Crippen LogP contribution is 2.54. The van der Waals surface area contributed by atoms with Gasteiger partial charge in [-0.25, -0.2) is 0 Å². The van der Waals surface area contributed by atoms with E-state index >= 15 is 0 Å². The second-order valence-electron chi connectivity index (χ2n) is 12.1. The lowest BCUT2D eigenvalue weighted by molar-refractivity contribution is -0.153. The first kappa shape index (κ1) is 30.3. The van der Waals surface area contributed by atoms with E-state index in [9.17, 15) is 19.5 Å². The molecule has 5 rings (SSSR count). The number of carbonyl (C=O) groups excluding carboxylic acids is 3. The summed E-state index contributed by atoms with van der Waals surface area (Å²) in [5, 5.41) is 10.6. The van der Waals surface area contributed by atoms with Gasteiger partial charge in [0.05, 0.1) is 37.2 Å². The van der Waals surface area contributed by atoms with Crippen LogP contribution < -0.4 is 9.64 Å². The Bertz CT molecular complexity index is 1230. The zero-order valence-electron chi connectivity index (χ0n) is 25.4. The predicted octanol–water partition coefficient (Wildman–Crippen LogP) is 3.56. The summed E-state index contributed by atoms with van der Waals surface area (Å²) < 4.78 is 12.4. The van der Waals surface area contributed by atoms with E-state index in [0.717, 1.165) is 19.3 Å².